The third-order valence-corrected chi connectivity index (χ3v) is 15.4. The number of aromatic amines is 1. The first-order valence-electron chi connectivity index (χ1n) is 25.9. The van der Waals surface area contributed by atoms with E-state index in [4.69, 9.17) is 28.3 Å². The van der Waals surface area contributed by atoms with Crippen molar-refractivity contribution in [2.24, 2.45) is 7.05 Å². The van der Waals surface area contributed by atoms with Crippen LogP contribution in [0.15, 0.2) is 84.0 Å². The summed E-state index contributed by atoms with van der Waals surface area (Å²) in [7, 11) is 1.77. The van der Waals surface area contributed by atoms with E-state index in [2.05, 4.69) is 31.0 Å². The molecule has 76 heavy (non-hydrogen) atoms. The quantitative estimate of drug-likeness (QED) is 0.0495. The van der Waals surface area contributed by atoms with Crippen LogP contribution in [0.2, 0.25) is 10.0 Å². The number of benzene rings is 3. The van der Waals surface area contributed by atoms with Crippen LogP contribution in [0.4, 0.5) is 0 Å². The van der Waals surface area contributed by atoms with Crippen LogP contribution < -0.4 is 21.5 Å². The molecule has 0 saturated carbocycles. The number of carbonyl (C=O) groups excluding carboxylic acids is 4. The zero-order valence-electron chi connectivity index (χ0n) is 42.8. The zero-order valence-corrected chi connectivity index (χ0v) is 44.3. The number of aliphatic hydroxyl groups is 2. The van der Waals surface area contributed by atoms with Gasteiger partial charge in [-0.2, -0.15) is 10.2 Å². The van der Waals surface area contributed by atoms with E-state index < -0.39 is 12.2 Å². The maximum atomic E-state index is 13.7. The number of aliphatic hydroxyl groups excluding tert-OH is 1. The van der Waals surface area contributed by atoms with Crippen LogP contribution in [0.5, 0.6) is 0 Å². The molecule has 1 saturated heterocycles. The van der Waals surface area contributed by atoms with E-state index in [-0.39, 0.29) is 53.7 Å². The Morgan fingerprint density at radius 1 is 0.882 bits per heavy atom. The fourth-order valence-electron chi connectivity index (χ4n) is 10.3. The van der Waals surface area contributed by atoms with Crippen molar-refractivity contribution in [1.82, 2.24) is 59.8 Å². The molecule has 0 spiro atoms. The Morgan fingerprint density at radius 2 is 1.64 bits per heavy atom. The van der Waals surface area contributed by atoms with Crippen molar-refractivity contribution in [3.05, 3.63) is 122 Å². The van der Waals surface area contributed by atoms with E-state index in [0.717, 1.165) is 51.7 Å². The summed E-state index contributed by atoms with van der Waals surface area (Å²) in [5.41, 5.74) is 6.76. The average molecular weight is 1080 g/mol. The molecule has 1 fully saturated rings. The number of aryl methyl sites for hydroxylation is 1. The lowest BCUT2D eigenvalue weighted by Gasteiger charge is -2.38. The third-order valence-electron chi connectivity index (χ3n) is 14.6. The SMILES string of the molecule is C[C@H](CC(=O)N1CCC(O)(Cn2cnc3c(-c4ccc(CNCC(=O)NCCCCCC(=O)NCCn5ccc(-c6cc(Cl)c(Cl)c7[nH]c8c(c67)CN(C(=O)CO)CC8)n5)cc4)n(C)nc3c2=O)CC1)c1ccccc1. The summed E-state index contributed by atoms with van der Waals surface area (Å²) in [6, 6.07) is 21.4. The molecule has 0 unspecified atom stereocenters. The van der Waals surface area contributed by atoms with Crippen molar-refractivity contribution in [3.8, 4) is 22.5 Å². The molecule has 9 rings (SSSR count). The molecule has 19 nitrogen and oxygen atoms in total. The summed E-state index contributed by atoms with van der Waals surface area (Å²) in [4.78, 5) is 75.8. The highest BCUT2D eigenvalue weighted by Crippen LogP contribution is 2.42. The van der Waals surface area contributed by atoms with Gasteiger partial charge in [0.2, 0.25) is 23.6 Å². The first kappa shape index (κ1) is 53.9. The minimum absolute atomic E-state index is 0.0504. The van der Waals surface area contributed by atoms with Gasteiger partial charge in [0.15, 0.2) is 5.52 Å². The van der Waals surface area contributed by atoms with Crippen LogP contribution in [0, 0.1) is 0 Å². The number of fused-ring (bicyclic) bond motifs is 4. The summed E-state index contributed by atoms with van der Waals surface area (Å²) in [6.45, 7) is 5.13. The molecule has 400 valence electrons. The van der Waals surface area contributed by atoms with Crippen molar-refractivity contribution in [3.63, 3.8) is 0 Å². The van der Waals surface area contributed by atoms with Crippen LogP contribution >= 0.6 is 23.2 Å². The summed E-state index contributed by atoms with van der Waals surface area (Å²) in [5.74, 6) is -0.370. The van der Waals surface area contributed by atoms with E-state index in [1.165, 1.54) is 10.9 Å². The second-order valence-electron chi connectivity index (χ2n) is 20.0. The Balaban J connectivity index is 0.659. The number of hydrogen-bond acceptors (Lipinski definition) is 11. The van der Waals surface area contributed by atoms with Crippen LogP contribution in [-0.2, 0) is 58.8 Å². The first-order valence-corrected chi connectivity index (χ1v) is 26.7. The minimum atomic E-state index is -1.17. The molecule has 0 aliphatic carbocycles. The highest BCUT2D eigenvalue weighted by molar-refractivity contribution is 6.45. The van der Waals surface area contributed by atoms with Gasteiger partial charge in [0, 0.05) is 106 Å². The number of aromatic nitrogens is 7. The second kappa shape index (κ2) is 24.0. The highest BCUT2D eigenvalue weighted by Gasteiger charge is 2.35. The van der Waals surface area contributed by atoms with E-state index in [0.29, 0.717) is 123 Å². The Hall–Kier alpha value is -6.90. The van der Waals surface area contributed by atoms with Gasteiger partial charge in [0.25, 0.3) is 5.56 Å². The van der Waals surface area contributed by atoms with Gasteiger partial charge in [0.05, 0.1) is 58.5 Å². The average Bonchev–Trinajstić information content (AvgIpc) is 4.19. The second-order valence-corrected chi connectivity index (χ2v) is 20.8. The molecule has 6 heterocycles. The van der Waals surface area contributed by atoms with Gasteiger partial charge in [-0.3, -0.25) is 37.9 Å². The lowest BCUT2D eigenvalue weighted by molar-refractivity contribution is -0.136. The number of likely N-dealkylation sites (tertiary alicyclic amines) is 1. The number of halogens is 2. The van der Waals surface area contributed by atoms with Crippen molar-refractivity contribution in [2.45, 2.75) is 96.0 Å². The fourth-order valence-corrected chi connectivity index (χ4v) is 10.7. The Bertz CT molecular complexity index is 3290. The molecule has 4 amide bonds. The number of carbonyl (C=O) groups is 4. The van der Waals surface area contributed by atoms with Gasteiger partial charge in [-0.1, -0.05) is 91.1 Å². The van der Waals surface area contributed by atoms with Gasteiger partial charge in [-0.05, 0) is 54.9 Å². The van der Waals surface area contributed by atoms with Gasteiger partial charge in [0.1, 0.15) is 12.1 Å². The Kier molecular flexibility index (Phi) is 17.0. The molecular formula is C55H64Cl2N12O7. The van der Waals surface area contributed by atoms with Gasteiger partial charge >= 0.3 is 0 Å². The van der Waals surface area contributed by atoms with Crippen LogP contribution in [0.1, 0.15) is 80.2 Å². The smallest absolute Gasteiger partial charge is 0.281 e. The Labute approximate surface area is 449 Å². The highest BCUT2D eigenvalue weighted by atomic mass is 35.5. The van der Waals surface area contributed by atoms with E-state index >= 15 is 0 Å². The van der Waals surface area contributed by atoms with Crippen molar-refractivity contribution < 1.29 is 29.4 Å². The van der Waals surface area contributed by atoms with E-state index in [9.17, 15) is 34.2 Å². The number of unbranched alkanes of at least 4 members (excludes halogenated alkanes) is 2. The maximum Gasteiger partial charge on any atom is 0.281 e. The van der Waals surface area contributed by atoms with E-state index in [1.54, 1.807) is 32.3 Å². The molecule has 21 heteroatoms. The molecule has 1 atom stereocenters. The standard InChI is InChI=1S/C55H64Cl2N12O7/c1-35(37-9-5-3-6-10-37)27-46(73)66-24-18-55(76,19-25-66)33-68-34-61-51-52(54(68)75)64-65(2)53(51)38-14-12-36(13-15-38)29-58-30-45(72)59-20-8-4-7-11-44(71)60-21-26-69-23-17-43(63-69)39-28-41(56)49(57)50-48(39)40-31-67(47(74)32-70)22-16-42(40)62-50/h3,5-6,9-10,12-15,17,23,28,34-35,58,62,70,76H,4,7-8,11,16,18-22,24-27,29-33H2,1-2H3,(H,59,72)(H,60,71)/t35-/m1/s1. The number of amides is 4. The fraction of sp³-hybridized carbons (Fsp3) is 0.418. The maximum absolute atomic E-state index is 13.7. The molecule has 0 bridgehead atoms. The monoisotopic (exact) mass is 1070 g/mol. The lowest BCUT2D eigenvalue weighted by Crippen LogP contribution is -2.49. The Morgan fingerprint density at radius 3 is 2.41 bits per heavy atom. The third kappa shape index (κ3) is 12.3. The van der Waals surface area contributed by atoms with Crippen molar-refractivity contribution >= 4 is 68.8 Å². The molecule has 6 N–H and O–H groups in total. The molecule has 2 aliphatic heterocycles. The summed E-state index contributed by atoms with van der Waals surface area (Å²) in [5, 5.41) is 41.0. The summed E-state index contributed by atoms with van der Waals surface area (Å²) < 4.78 is 4.81. The first-order chi connectivity index (χ1) is 36.7. The predicted molar refractivity (Wildman–Crippen MR) is 290 cm³/mol. The number of rotatable bonds is 21. The molecule has 7 aromatic rings. The van der Waals surface area contributed by atoms with Gasteiger partial charge in [-0.15, -0.1) is 0 Å². The normalized spacial score (nSPS) is 14.8. The number of piperidine rings is 1. The van der Waals surface area contributed by atoms with E-state index in [1.807, 2.05) is 73.8 Å². The molecule has 4 aromatic heterocycles. The topological polar surface area (TPSA) is 238 Å². The largest absolute Gasteiger partial charge is 0.388 e. The van der Waals surface area contributed by atoms with Crippen LogP contribution in [0.25, 0.3) is 44.5 Å². The molecule has 3 aromatic carbocycles. The molecule has 2 aliphatic rings. The number of H-pyrrole nitrogens is 1. The number of nitrogens with zero attached hydrogens (tertiary/aromatic N) is 8. The minimum Gasteiger partial charge on any atom is -0.388 e. The molecule has 0 radical (unpaired) electrons. The van der Waals surface area contributed by atoms with Crippen LogP contribution in [-0.4, -0.2) is 129 Å². The van der Waals surface area contributed by atoms with Gasteiger partial charge in [-0.25, -0.2) is 4.98 Å². The lowest BCUT2D eigenvalue weighted by atomic mass is 9.90. The van der Waals surface area contributed by atoms with Crippen molar-refractivity contribution in [2.75, 3.05) is 45.9 Å². The zero-order chi connectivity index (χ0) is 53.5. The number of hydrogen-bond donors (Lipinski definition) is 6. The van der Waals surface area contributed by atoms with Gasteiger partial charge < -0.3 is 40.9 Å². The molecular weight excluding hydrogens is 1010 g/mol. The van der Waals surface area contributed by atoms with Crippen molar-refractivity contribution in [1.29, 1.82) is 0 Å². The summed E-state index contributed by atoms with van der Waals surface area (Å²) >= 11 is 13.2. The predicted octanol–water partition coefficient (Wildman–Crippen LogP) is 5.46. The number of nitrogens with one attached hydrogen (secondary N) is 4. The summed E-state index contributed by atoms with van der Waals surface area (Å²) in [6.07, 6.45) is 7.56. The van der Waals surface area contributed by atoms with Crippen LogP contribution in [0.3, 0.4) is 0 Å².